The molecule has 1 aromatic heterocycles. The van der Waals surface area contributed by atoms with Crippen LogP contribution in [0.4, 0.5) is 9.80 Å². The Morgan fingerprint density at radius 3 is 2.66 bits per heavy atom. The van der Waals surface area contributed by atoms with Crippen LogP contribution in [0.3, 0.4) is 0 Å². The normalized spacial score (nSPS) is 16.8. The Labute approximate surface area is 173 Å². The fourth-order valence-corrected chi connectivity index (χ4v) is 4.48. The molecule has 0 saturated carbocycles. The van der Waals surface area contributed by atoms with E-state index in [1.165, 1.54) is 11.3 Å². The number of nitrogens with zero attached hydrogens (tertiary/aromatic N) is 1. The summed E-state index contributed by atoms with van der Waals surface area (Å²) in [6.07, 6.45) is 0.951. The Morgan fingerprint density at radius 2 is 2.07 bits per heavy atom. The molecule has 9 heteroatoms. The van der Waals surface area contributed by atoms with E-state index in [0.29, 0.717) is 22.5 Å². The van der Waals surface area contributed by atoms with E-state index in [2.05, 4.69) is 24.1 Å². The second-order valence-corrected chi connectivity index (χ2v) is 8.21. The van der Waals surface area contributed by atoms with E-state index in [-0.39, 0.29) is 11.7 Å². The minimum absolute atomic E-state index is 0.0336. The average Bonchev–Trinajstić information content (AvgIpc) is 3.29. The number of para-hydroxylation sites is 1. The van der Waals surface area contributed by atoms with E-state index < -0.39 is 11.9 Å². The number of anilines is 1. The van der Waals surface area contributed by atoms with Gasteiger partial charge in [0.05, 0.1) is 12.7 Å². The van der Waals surface area contributed by atoms with E-state index in [1.807, 2.05) is 18.2 Å². The van der Waals surface area contributed by atoms with Gasteiger partial charge in [-0.2, -0.15) is 0 Å². The smallest absolute Gasteiger partial charge is 0.317 e. The molecular formula is C20H26N4O4S. The second kappa shape index (κ2) is 8.71. The van der Waals surface area contributed by atoms with Crippen LogP contribution in [0.5, 0.6) is 11.5 Å². The number of rotatable bonds is 7. The summed E-state index contributed by atoms with van der Waals surface area (Å²) in [6.45, 7) is 6.15. The van der Waals surface area contributed by atoms with Crippen molar-refractivity contribution in [3.8, 4) is 21.9 Å². The van der Waals surface area contributed by atoms with Crippen molar-refractivity contribution in [3.63, 3.8) is 0 Å². The highest BCUT2D eigenvalue weighted by Crippen LogP contribution is 2.44. The van der Waals surface area contributed by atoms with Crippen molar-refractivity contribution in [1.29, 1.82) is 0 Å². The van der Waals surface area contributed by atoms with Crippen LogP contribution in [-0.2, 0) is 0 Å². The predicted molar refractivity (Wildman–Crippen MR) is 114 cm³/mol. The van der Waals surface area contributed by atoms with E-state index in [1.54, 1.807) is 13.2 Å². The van der Waals surface area contributed by atoms with Crippen molar-refractivity contribution in [1.82, 2.24) is 4.90 Å². The summed E-state index contributed by atoms with van der Waals surface area (Å²) in [4.78, 5) is 26.2. The van der Waals surface area contributed by atoms with Crippen LogP contribution in [0.2, 0.25) is 0 Å². The molecule has 8 nitrogen and oxygen atoms in total. The third-order valence-corrected chi connectivity index (χ3v) is 5.97. The molecule has 3 amide bonds. The quantitative estimate of drug-likeness (QED) is 0.639. The molecule has 156 valence electrons. The highest BCUT2D eigenvalue weighted by molar-refractivity contribution is 7.20. The number of carbonyl (C=O) groups is 2. The number of ether oxygens (including phenoxy) is 2. The molecule has 1 aliphatic heterocycles. The maximum Gasteiger partial charge on any atom is 0.317 e. The number of methoxy groups -OCH3 is 1. The average molecular weight is 419 g/mol. The maximum absolute atomic E-state index is 11.8. The number of nitrogens with one attached hydrogen (secondary N) is 1. The monoisotopic (exact) mass is 418 g/mol. The summed E-state index contributed by atoms with van der Waals surface area (Å²) >= 11 is 1.21. The van der Waals surface area contributed by atoms with Crippen LogP contribution in [0.25, 0.3) is 10.4 Å². The molecule has 1 aliphatic rings. The summed E-state index contributed by atoms with van der Waals surface area (Å²) in [5.41, 5.74) is 11.6. The lowest BCUT2D eigenvalue weighted by Gasteiger charge is -2.22. The lowest BCUT2D eigenvalue weighted by atomic mass is 10.1. The van der Waals surface area contributed by atoms with Gasteiger partial charge >= 0.3 is 6.03 Å². The molecule has 0 bridgehead atoms. The van der Waals surface area contributed by atoms with Gasteiger partial charge in [0.2, 0.25) is 0 Å². The lowest BCUT2D eigenvalue weighted by Crippen LogP contribution is -2.30. The maximum atomic E-state index is 11.8. The Bertz CT molecular complexity index is 912. The first-order chi connectivity index (χ1) is 13.8. The van der Waals surface area contributed by atoms with Crippen LogP contribution in [0.1, 0.15) is 30.6 Å². The van der Waals surface area contributed by atoms with Gasteiger partial charge in [-0.1, -0.05) is 6.07 Å². The Hall–Kier alpha value is -2.78. The van der Waals surface area contributed by atoms with E-state index in [4.69, 9.17) is 20.9 Å². The van der Waals surface area contributed by atoms with Crippen LogP contribution in [-0.4, -0.2) is 49.2 Å². The molecule has 1 aromatic carbocycles. The number of benzene rings is 1. The summed E-state index contributed by atoms with van der Waals surface area (Å²) < 4.78 is 11.9. The van der Waals surface area contributed by atoms with Gasteiger partial charge < -0.3 is 20.9 Å². The molecule has 0 radical (unpaired) electrons. The van der Waals surface area contributed by atoms with Crippen molar-refractivity contribution in [3.05, 3.63) is 29.8 Å². The fourth-order valence-electron chi connectivity index (χ4n) is 3.39. The Balaban J connectivity index is 1.98. The zero-order valence-corrected chi connectivity index (χ0v) is 17.5. The minimum atomic E-state index is -0.761. The molecule has 1 atom stereocenters. The summed E-state index contributed by atoms with van der Waals surface area (Å²) in [7, 11) is 1.59. The van der Waals surface area contributed by atoms with Crippen molar-refractivity contribution in [2.75, 3.05) is 25.5 Å². The van der Waals surface area contributed by atoms with Gasteiger partial charge in [0.25, 0.3) is 5.91 Å². The van der Waals surface area contributed by atoms with Crippen LogP contribution in [0, 0.1) is 0 Å². The molecule has 5 N–H and O–H groups in total. The molecule has 0 aliphatic carbocycles. The highest BCUT2D eigenvalue weighted by Gasteiger charge is 2.28. The minimum Gasteiger partial charge on any atom is -0.493 e. The van der Waals surface area contributed by atoms with Gasteiger partial charge in [-0.25, -0.2) is 4.79 Å². The first-order valence-electron chi connectivity index (χ1n) is 9.38. The number of hydrogen-bond donors (Lipinski definition) is 3. The Kier molecular flexibility index (Phi) is 6.29. The van der Waals surface area contributed by atoms with Crippen molar-refractivity contribution < 1.29 is 19.1 Å². The number of amides is 3. The number of nitrogens with two attached hydrogens (primary N) is 2. The fraction of sp³-hybridized carbons (Fsp3) is 0.400. The van der Waals surface area contributed by atoms with Gasteiger partial charge in [0.15, 0.2) is 11.5 Å². The van der Waals surface area contributed by atoms with Crippen molar-refractivity contribution >= 4 is 28.3 Å². The number of carbonyl (C=O) groups excluding carboxylic acids is 2. The molecule has 2 heterocycles. The predicted octanol–water partition coefficient (Wildman–Crippen LogP) is 2.87. The van der Waals surface area contributed by atoms with Gasteiger partial charge in [-0.15, -0.1) is 11.3 Å². The second-order valence-electron chi connectivity index (χ2n) is 7.16. The summed E-state index contributed by atoms with van der Waals surface area (Å²) in [5.74, 6) is 0.558. The Morgan fingerprint density at radius 1 is 1.31 bits per heavy atom. The zero-order valence-electron chi connectivity index (χ0n) is 16.7. The molecule has 1 saturated heterocycles. The standard InChI is InChI=1S/C20H26N4O4S/c1-11(2)24-8-7-12(10-24)28-17-13(5-4-6-15(17)27-3)16-9-14(18(21)25)19(29-16)23-20(22)26/h4-6,9,11-12H,7-8,10H2,1-3H3,(H2,21,25)(H3,22,23,26). The van der Waals surface area contributed by atoms with Gasteiger partial charge in [0.1, 0.15) is 11.1 Å². The SMILES string of the molecule is COc1cccc(-c2cc(C(N)=O)c(NC(N)=O)s2)c1OC1CCN(C(C)C)C1. The molecule has 2 aromatic rings. The topological polar surface area (TPSA) is 120 Å². The molecule has 3 rings (SSSR count). The summed E-state index contributed by atoms with van der Waals surface area (Å²) in [6, 6.07) is 6.90. The number of likely N-dealkylation sites (tertiary alicyclic amines) is 1. The molecule has 1 unspecified atom stereocenters. The van der Waals surface area contributed by atoms with Crippen molar-refractivity contribution in [2.45, 2.75) is 32.4 Å². The number of hydrogen-bond acceptors (Lipinski definition) is 6. The molecular weight excluding hydrogens is 392 g/mol. The number of primary amides is 2. The van der Waals surface area contributed by atoms with E-state index in [0.717, 1.165) is 30.0 Å². The molecule has 1 fully saturated rings. The van der Waals surface area contributed by atoms with Gasteiger partial charge in [-0.3, -0.25) is 15.0 Å². The van der Waals surface area contributed by atoms with Crippen LogP contribution >= 0.6 is 11.3 Å². The summed E-state index contributed by atoms with van der Waals surface area (Å²) in [5, 5.41) is 2.77. The van der Waals surface area contributed by atoms with Crippen LogP contribution in [0.15, 0.2) is 24.3 Å². The third-order valence-electron chi connectivity index (χ3n) is 4.89. The molecule has 0 spiro atoms. The van der Waals surface area contributed by atoms with E-state index >= 15 is 0 Å². The van der Waals surface area contributed by atoms with Gasteiger partial charge in [-0.05, 0) is 38.5 Å². The highest BCUT2D eigenvalue weighted by atomic mass is 32.1. The zero-order chi connectivity index (χ0) is 21.1. The molecule has 29 heavy (non-hydrogen) atoms. The van der Waals surface area contributed by atoms with Crippen LogP contribution < -0.4 is 26.3 Å². The first-order valence-corrected chi connectivity index (χ1v) is 10.2. The van der Waals surface area contributed by atoms with E-state index in [9.17, 15) is 9.59 Å². The number of urea groups is 1. The number of thiophene rings is 1. The van der Waals surface area contributed by atoms with Crippen molar-refractivity contribution in [2.24, 2.45) is 11.5 Å². The lowest BCUT2D eigenvalue weighted by molar-refractivity contribution is 0.100. The van der Waals surface area contributed by atoms with Gasteiger partial charge in [0, 0.05) is 29.6 Å². The largest absolute Gasteiger partial charge is 0.493 e. The first kappa shape index (κ1) is 20.9. The third kappa shape index (κ3) is 4.63.